The van der Waals surface area contributed by atoms with Crippen molar-refractivity contribution in [3.63, 3.8) is 0 Å². The molecule has 2 rings (SSSR count). The third kappa shape index (κ3) is 2.11. The second-order valence-electron chi connectivity index (χ2n) is 5.09. The highest BCUT2D eigenvalue weighted by Gasteiger charge is 2.23. The molecule has 17 heavy (non-hydrogen) atoms. The van der Waals surface area contributed by atoms with Crippen molar-refractivity contribution in [2.45, 2.75) is 53.1 Å². The molecule has 1 atom stereocenters. The second kappa shape index (κ2) is 4.55. The lowest BCUT2D eigenvalue weighted by molar-refractivity contribution is 0.313. The van der Waals surface area contributed by atoms with E-state index in [0.29, 0.717) is 6.04 Å². The van der Waals surface area contributed by atoms with Gasteiger partial charge in [-0.25, -0.2) is 4.98 Å². The van der Waals surface area contributed by atoms with E-state index in [-0.39, 0.29) is 0 Å². The molecule has 0 aromatic carbocycles. The van der Waals surface area contributed by atoms with Crippen molar-refractivity contribution in [1.82, 2.24) is 14.5 Å². The quantitative estimate of drug-likeness (QED) is 0.800. The molecule has 0 saturated carbocycles. The molecule has 0 aliphatic carbocycles. The first-order chi connectivity index (χ1) is 8.04. The summed E-state index contributed by atoms with van der Waals surface area (Å²) in [6, 6.07) is 0.558. The minimum Gasteiger partial charge on any atom is -0.369 e. The van der Waals surface area contributed by atoms with Crippen LogP contribution in [-0.2, 0) is 13.0 Å². The van der Waals surface area contributed by atoms with Gasteiger partial charge >= 0.3 is 0 Å². The first kappa shape index (κ1) is 12.2. The maximum Gasteiger partial charge on any atom is 0.106 e. The van der Waals surface area contributed by atoms with Crippen molar-refractivity contribution in [2.75, 3.05) is 6.54 Å². The summed E-state index contributed by atoms with van der Waals surface area (Å²) in [7, 11) is 0. The molecule has 1 unspecified atom stereocenters. The summed E-state index contributed by atoms with van der Waals surface area (Å²) in [6.45, 7) is 14.7. The molecule has 0 bridgehead atoms. The SMILES string of the molecule is C=C(C)N1CCc2c(nc(C)n2C(C)CC)C1. The lowest BCUT2D eigenvalue weighted by atomic mass is 10.1. The molecule has 1 aliphatic heterocycles. The number of allylic oxidation sites excluding steroid dienone is 1. The number of hydrogen-bond acceptors (Lipinski definition) is 2. The van der Waals surface area contributed by atoms with Crippen LogP contribution in [0.4, 0.5) is 0 Å². The van der Waals surface area contributed by atoms with E-state index in [1.54, 1.807) is 0 Å². The van der Waals surface area contributed by atoms with E-state index >= 15 is 0 Å². The Bertz CT molecular complexity index is 431. The summed E-state index contributed by atoms with van der Waals surface area (Å²) < 4.78 is 2.42. The van der Waals surface area contributed by atoms with Gasteiger partial charge in [0.15, 0.2) is 0 Å². The van der Waals surface area contributed by atoms with Gasteiger partial charge < -0.3 is 9.47 Å². The molecule has 0 fully saturated rings. The highest BCUT2D eigenvalue weighted by atomic mass is 15.2. The van der Waals surface area contributed by atoms with Gasteiger partial charge in [0.25, 0.3) is 0 Å². The number of fused-ring (bicyclic) bond motifs is 1. The first-order valence-corrected chi connectivity index (χ1v) is 6.51. The molecule has 0 N–H and O–H groups in total. The van der Waals surface area contributed by atoms with Crippen LogP contribution in [0.3, 0.4) is 0 Å². The maximum absolute atomic E-state index is 4.73. The predicted molar refractivity (Wildman–Crippen MR) is 70.9 cm³/mol. The van der Waals surface area contributed by atoms with Crippen LogP contribution in [-0.4, -0.2) is 21.0 Å². The zero-order valence-electron chi connectivity index (χ0n) is 11.5. The van der Waals surface area contributed by atoms with E-state index in [0.717, 1.165) is 37.5 Å². The molecule has 0 amide bonds. The van der Waals surface area contributed by atoms with Gasteiger partial charge in [-0.2, -0.15) is 0 Å². The van der Waals surface area contributed by atoms with Gasteiger partial charge in [-0.15, -0.1) is 0 Å². The largest absolute Gasteiger partial charge is 0.369 e. The van der Waals surface area contributed by atoms with Crippen LogP contribution >= 0.6 is 0 Å². The minimum absolute atomic E-state index is 0.558. The fraction of sp³-hybridized carbons (Fsp3) is 0.643. The molecule has 1 aromatic rings. The maximum atomic E-state index is 4.73. The summed E-state index contributed by atoms with van der Waals surface area (Å²) in [5, 5.41) is 0. The number of rotatable bonds is 3. The Labute approximate surface area is 104 Å². The fourth-order valence-electron chi connectivity index (χ4n) is 2.63. The van der Waals surface area contributed by atoms with Crippen LogP contribution in [0.2, 0.25) is 0 Å². The topological polar surface area (TPSA) is 21.1 Å². The summed E-state index contributed by atoms with van der Waals surface area (Å²) >= 11 is 0. The van der Waals surface area contributed by atoms with Crippen LogP contribution in [0.15, 0.2) is 12.3 Å². The average Bonchev–Trinajstić information content (AvgIpc) is 2.62. The Balaban J connectivity index is 2.33. The standard InChI is InChI=1S/C14H23N3/c1-6-11(4)17-12(5)15-13-9-16(10(2)3)8-7-14(13)17/h11H,2,6-9H2,1,3-5H3. The van der Waals surface area contributed by atoms with Gasteiger partial charge in [-0.05, 0) is 27.2 Å². The van der Waals surface area contributed by atoms with Crippen molar-refractivity contribution >= 4 is 0 Å². The average molecular weight is 233 g/mol. The lowest BCUT2D eigenvalue weighted by Gasteiger charge is -2.29. The molecule has 1 aromatic heterocycles. The summed E-state index contributed by atoms with van der Waals surface area (Å²) in [5.74, 6) is 1.16. The zero-order valence-corrected chi connectivity index (χ0v) is 11.5. The molecule has 1 aliphatic rings. The van der Waals surface area contributed by atoms with Crippen molar-refractivity contribution in [3.8, 4) is 0 Å². The summed E-state index contributed by atoms with van der Waals surface area (Å²) in [4.78, 5) is 7.05. The predicted octanol–water partition coefficient (Wildman–Crippen LogP) is 3.05. The van der Waals surface area contributed by atoms with Crippen LogP contribution < -0.4 is 0 Å². The summed E-state index contributed by atoms with van der Waals surface area (Å²) in [5.41, 5.74) is 3.83. The van der Waals surface area contributed by atoms with Gasteiger partial charge in [0.05, 0.1) is 12.2 Å². The number of aryl methyl sites for hydroxylation is 1. The van der Waals surface area contributed by atoms with Gasteiger partial charge in [0.2, 0.25) is 0 Å². The van der Waals surface area contributed by atoms with E-state index in [4.69, 9.17) is 4.98 Å². The number of aromatic nitrogens is 2. The molecular formula is C14H23N3. The molecule has 0 saturated heterocycles. The molecule has 3 heteroatoms. The molecule has 0 radical (unpaired) electrons. The van der Waals surface area contributed by atoms with E-state index < -0.39 is 0 Å². The molecule has 2 heterocycles. The minimum atomic E-state index is 0.558. The van der Waals surface area contributed by atoms with Crippen molar-refractivity contribution < 1.29 is 0 Å². The highest BCUT2D eigenvalue weighted by Crippen LogP contribution is 2.26. The Hall–Kier alpha value is -1.25. The van der Waals surface area contributed by atoms with Crippen LogP contribution in [0.5, 0.6) is 0 Å². The van der Waals surface area contributed by atoms with E-state index in [9.17, 15) is 0 Å². The number of imidazole rings is 1. The van der Waals surface area contributed by atoms with Gasteiger partial charge in [0, 0.05) is 30.4 Å². The van der Waals surface area contributed by atoms with E-state index in [2.05, 4.69) is 43.7 Å². The normalized spacial score (nSPS) is 16.8. The third-order valence-electron chi connectivity index (χ3n) is 3.80. The van der Waals surface area contributed by atoms with Crippen molar-refractivity contribution in [3.05, 3.63) is 29.5 Å². The van der Waals surface area contributed by atoms with Gasteiger partial charge in [-0.3, -0.25) is 0 Å². The second-order valence-corrected chi connectivity index (χ2v) is 5.09. The van der Waals surface area contributed by atoms with Gasteiger partial charge in [-0.1, -0.05) is 13.5 Å². The highest BCUT2D eigenvalue weighted by molar-refractivity contribution is 5.22. The Kier molecular flexibility index (Phi) is 3.27. The van der Waals surface area contributed by atoms with Crippen LogP contribution in [0.1, 0.15) is 50.4 Å². The first-order valence-electron chi connectivity index (χ1n) is 6.51. The third-order valence-corrected chi connectivity index (χ3v) is 3.80. The van der Waals surface area contributed by atoms with E-state index in [1.165, 1.54) is 11.4 Å². The van der Waals surface area contributed by atoms with E-state index in [1.807, 2.05) is 0 Å². The van der Waals surface area contributed by atoms with Crippen molar-refractivity contribution in [2.24, 2.45) is 0 Å². The molecule has 0 spiro atoms. The van der Waals surface area contributed by atoms with Crippen molar-refractivity contribution in [1.29, 1.82) is 0 Å². The number of hydrogen-bond donors (Lipinski definition) is 0. The summed E-state index contributed by atoms with van der Waals surface area (Å²) in [6.07, 6.45) is 2.25. The Morgan fingerprint density at radius 1 is 1.53 bits per heavy atom. The smallest absolute Gasteiger partial charge is 0.106 e. The van der Waals surface area contributed by atoms with Gasteiger partial charge in [0.1, 0.15) is 5.82 Å². The lowest BCUT2D eigenvalue weighted by Crippen LogP contribution is -2.29. The zero-order chi connectivity index (χ0) is 12.6. The molecular weight excluding hydrogens is 210 g/mol. The molecule has 94 valence electrons. The molecule has 3 nitrogen and oxygen atoms in total. The van der Waals surface area contributed by atoms with Crippen LogP contribution in [0, 0.1) is 6.92 Å². The Morgan fingerprint density at radius 3 is 2.82 bits per heavy atom. The fourth-order valence-corrected chi connectivity index (χ4v) is 2.63. The Morgan fingerprint density at radius 2 is 2.24 bits per heavy atom. The number of nitrogens with zero attached hydrogens (tertiary/aromatic N) is 3. The monoisotopic (exact) mass is 233 g/mol. The van der Waals surface area contributed by atoms with Crippen LogP contribution in [0.25, 0.3) is 0 Å².